The number of carboxylic acid groups (broad SMARTS) is 1. The zero-order chi connectivity index (χ0) is 21.6. The number of aliphatic hydroxyl groups is 1. The van der Waals surface area contributed by atoms with Crippen molar-refractivity contribution in [1.82, 2.24) is 5.32 Å². The molecule has 27 heavy (non-hydrogen) atoms. The second-order valence-electron chi connectivity index (χ2n) is 5.96. The maximum Gasteiger partial charge on any atom is 1.00 e. The molecule has 2 aromatic carbocycles. The van der Waals surface area contributed by atoms with Crippen LogP contribution in [0.25, 0.3) is 0 Å². The van der Waals surface area contributed by atoms with Crippen molar-refractivity contribution in [3.8, 4) is 11.5 Å². The topological polar surface area (TPSA) is 114 Å². The Hall–Kier alpha value is -1.77. The Morgan fingerprint density at radius 2 is 2.00 bits per heavy atom. The normalized spacial score (nSPS) is 14.7. The van der Waals surface area contributed by atoms with Gasteiger partial charge in [-0.15, -0.1) is 0 Å². The largest absolute Gasteiger partial charge is 1.00 e. The summed E-state index contributed by atoms with van der Waals surface area (Å²) in [5.41, 5.74) is 1.33. The van der Waals surface area contributed by atoms with Crippen molar-refractivity contribution in [2.45, 2.75) is 25.5 Å². The molecule has 0 saturated carbocycles. The Balaban J connectivity index is 0.00000450. The standard InChI is InChI=1S/C19H24N2O5.Na/c1-12(9-13-3-6-15(26-2)7-4-13)20-11-18(23)14-5-8-17(22)16(10-14)21-19(24)25;/h3-8,10,12,18,20-23H,9,11H2,1-2H3,(H,24,25);/q;+1/p-1/t12-,18+;/m1./s1/i2D3;. The molecule has 0 aliphatic carbocycles. The first-order chi connectivity index (χ1) is 13.5. The van der Waals surface area contributed by atoms with Gasteiger partial charge in [-0.3, -0.25) is 0 Å². The average molecular weight is 385 g/mol. The van der Waals surface area contributed by atoms with E-state index in [1.165, 1.54) is 18.2 Å². The van der Waals surface area contributed by atoms with Crippen molar-refractivity contribution in [2.75, 3.05) is 18.9 Å². The fraction of sp³-hybridized carbons (Fsp3) is 0.316. The Morgan fingerprint density at radius 1 is 1.30 bits per heavy atom. The number of nitrogens with one attached hydrogen (secondary N) is 2. The van der Waals surface area contributed by atoms with E-state index in [9.17, 15) is 20.1 Å². The van der Waals surface area contributed by atoms with Gasteiger partial charge in [-0.1, -0.05) is 18.2 Å². The summed E-state index contributed by atoms with van der Waals surface area (Å²) in [6, 6.07) is 10.8. The number of ether oxygens (including phenoxy) is 1. The first-order valence-electron chi connectivity index (χ1n) is 9.54. The number of methoxy groups -OCH3 is 1. The second-order valence-corrected chi connectivity index (χ2v) is 5.96. The summed E-state index contributed by atoms with van der Waals surface area (Å²) in [7, 11) is -2.49. The van der Waals surface area contributed by atoms with E-state index < -0.39 is 19.2 Å². The molecular weight excluding hydrogens is 359 g/mol. The Bertz CT molecular complexity index is 834. The summed E-state index contributed by atoms with van der Waals surface area (Å²) >= 11 is 0. The van der Waals surface area contributed by atoms with E-state index in [0.717, 1.165) is 5.56 Å². The molecule has 4 N–H and O–H groups in total. The maximum absolute atomic E-state index is 10.6. The van der Waals surface area contributed by atoms with Gasteiger partial charge in [0.1, 0.15) is 17.6 Å². The van der Waals surface area contributed by atoms with Gasteiger partial charge >= 0.3 is 29.6 Å². The minimum Gasteiger partial charge on any atom is -0.530 e. The molecule has 8 heteroatoms. The smallest absolute Gasteiger partial charge is 0.530 e. The van der Waals surface area contributed by atoms with Crippen molar-refractivity contribution in [3.63, 3.8) is 0 Å². The van der Waals surface area contributed by atoms with Crippen LogP contribution in [0.4, 0.5) is 10.5 Å². The van der Waals surface area contributed by atoms with Crippen molar-refractivity contribution in [3.05, 3.63) is 53.6 Å². The van der Waals surface area contributed by atoms with E-state index in [4.69, 9.17) is 8.85 Å². The molecule has 7 nitrogen and oxygen atoms in total. The van der Waals surface area contributed by atoms with Crippen molar-refractivity contribution in [2.24, 2.45) is 0 Å². The van der Waals surface area contributed by atoms with E-state index in [-0.39, 0.29) is 59.3 Å². The van der Waals surface area contributed by atoms with Crippen LogP contribution in [0.15, 0.2) is 42.5 Å². The van der Waals surface area contributed by atoms with Crippen LogP contribution in [0.2, 0.25) is 0 Å². The van der Waals surface area contributed by atoms with Gasteiger partial charge in [0.2, 0.25) is 0 Å². The van der Waals surface area contributed by atoms with Crippen molar-refractivity contribution in [1.29, 1.82) is 0 Å². The van der Waals surface area contributed by atoms with Gasteiger partial charge in [0.05, 0.1) is 22.9 Å². The monoisotopic (exact) mass is 385 g/mol. The summed E-state index contributed by atoms with van der Waals surface area (Å²) in [5.74, 6) is -0.00418. The van der Waals surface area contributed by atoms with Crippen LogP contribution in [-0.2, 0) is 6.42 Å². The number of aromatic hydroxyl groups is 1. The zero-order valence-corrected chi connectivity index (χ0v) is 17.2. The summed E-state index contributed by atoms with van der Waals surface area (Å²) in [6.45, 7) is 2.14. The molecule has 0 aromatic heterocycles. The summed E-state index contributed by atoms with van der Waals surface area (Å²) in [5, 5.41) is 35.7. The number of hydrogen-bond acceptors (Lipinski definition) is 6. The molecule has 1 amide bonds. The van der Waals surface area contributed by atoms with E-state index in [2.05, 4.69) is 5.32 Å². The number of benzene rings is 2. The second kappa shape index (κ2) is 11.2. The van der Waals surface area contributed by atoms with Gasteiger partial charge in [0, 0.05) is 12.6 Å². The Labute approximate surface area is 184 Å². The third-order valence-electron chi connectivity index (χ3n) is 3.88. The summed E-state index contributed by atoms with van der Waals surface area (Å²) in [6.07, 6.45) is -1.85. The number of rotatable bonds is 8. The van der Waals surface area contributed by atoms with Crippen LogP contribution >= 0.6 is 0 Å². The summed E-state index contributed by atoms with van der Waals surface area (Å²) in [4.78, 5) is 10.6. The van der Waals surface area contributed by atoms with Crippen LogP contribution < -0.4 is 50.0 Å². The number of carbonyl (C=O) groups excluding carboxylic acids is 1. The molecule has 2 rings (SSSR count). The number of aliphatic hydroxyl groups excluding tert-OH is 1. The molecule has 0 saturated heterocycles. The number of hydrogen-bond donors (Lipinski definition) is 4. The number of phenolic OH excluding ortho intramolecular Hbond substituents is 1. The van der Waals surface area contributed by atoms with Crippen LogP contribution in [0.5, 0.6) is 11.5 Å². The first-order valence-corrected chi connectivity index (χ1v) is 8.04. The summed E-state index contributed by atoms with van der Waals surface area (Å²) < 4.78 is 26.1. The minimum atomic E-state index is -2.49. The molecule has 0 radical (unpaired) electrons. The first kappa shape index (κ1) is 18.6. The minimum absolute atomic E-state index is 0. The maximum atomic E-state index is 10.6. The van der Waals surface area contributed by atoms with Crippen molar-refractivity contribution < 1.29 is 58.5 Å². The van der Waals surface area contributed by atoms with Gasteiger partial charge in [0.25, 0.3) is 0 Å². The number of amides is 1. The third-order valence-corrected chi connectivity index (χ3v) is 3.88. The fourth-order valence-electron chi connectivity index (χ4n) is 2.52. The average Bonchev–Trinajstić information content (AvgIpc) is 2.61. The van der Waals surface area contributed by atoms with E-state index in [0.29, 0.717) is 12.0 Å². The Morgan fingerprint density at radius 3 is 2.63 bits per heavy atom. The van der Waals surface area contributed by atoms with Gasteiger partial charge in [-0.25, -0.2) is 0 Å². The fourth-order valence-corrected chi connectivity index (χ4v) is 2.52. The van der Waals surface area contributed by atoms with Crippen LogP contribution in [0.1, 0.15) is 28.3 Å². The molecular formula is C19H23N2NaO5. The Kier molecular flexibility index (Phi) is 7.68. The number of phenols is 1. The van der Waals surface area contributed by atoms with E-state index in [1.54, 1.807) is 24.3 Å². The van der Waals surface area contributed by atoms with Gasteiger partial charge in [-0.05, 0) is 48.7 Å². The quantitative estimate of drug-likeness (QED) is 0.322. The number of anilines is 1. The molecule has 0 unspecified atom stereocenters. The van der Waals surface area contributed by atoms with Gasteiger partial charge in [-0.2, -0.15) is 0 Å². The molecule has 0 aliphatic heterocycles. The molecule has 2 aromatic rings. The SMILES string of the molecule is [2H]C([2H])([2H])Oc1ccc(C[C@@H](C)NC[C@H](O)c2ccc(O)c(NC(=O)[O-])c2)cc1.[Na+]. The van der Waals surface area contributed by atoms with Crippen LogP contribution in [-0.4, -0.2) is 35.9 Å². The third kappa shape index (κ3) is 7.40. The molecule has 140 valence electrons. The molecule has 0 heterocycles. The van der Waals surface area contributed by atoms with Crippen LogP contribution in [0, 0.1) is 0 Å². The van der Waals surface area contributed by atoms with Crippen LogP contribution in [0.3, 0.4) is 0 Å². The number of carbonyl (C=O) groups is 1. The van der Waals surface area contributed by atoms with Crippen molar-refractivity contribution >= 4 is 11.8 Å². The van der Waals surface area contributed by atoms with E-state index in [1.807, 2.05) is 12.2 Å². The van der Waals surface area contributed by atoms with Gasteiger partial charge in [0.15, 0.2) is 0 Å². The molecule has 0 fully saturated rings. The molecule has 0 spiro atoms. The molecule has 0 bridgehead atoms. The molecule has 0 aliphatic rings. The zero-order valence-electron chi connectivity index (χ0n) is 18.2. The van der Waals surface area contributed by atoms with Gasteiger partial charge < -0.3 is 35.5 Å². The predicted molar refractivity (Wildman–Crippen MR) is 96.2 cm³/mol. The van der Waals surface area contributed by atoms with E-state index >= 15 is 0 Å². The molecule has 2 atom stereocenters. The predicted octanol–water partition coefficient (Wildman–Crippen LogP) is -1.59.